The van der Waals surface area contributed by atoms with E-state index in [4.69, 9.17) is 16.3 Å². The molecule has 1 aromatic carbocycles. The Hall–Kier alpha value is -1.07. The van der Waals surface area contributed by atoms with Crippen LogP contribution in [0.2, 0.25) is 5.02 Å². The Balaban J connectivity index is 1.91. The lowest BCUT2D eigenvalue weighted by Crippen LogP contribution is -2.18. The molecule has 18 heavy (non-hydrogen) atoms. The van der Waals surface area contributed by atoms with Gasteiger partial charge < -0.3 is 14.8 Å². The molecule has 100 valence electrons. The first-order valence-electron chi connectivity index (χ1n) is 5.75. The van der Waals surface area contributed by atoms with Crippen molar-refractivity contribution in [3.63, 3.8) is 0 Å². The Morgan fingerprint density at radius 2 is 2.33 bits per heavy atom. The molecule has 0 aromatic heterocycles. The topological polar surface area (TPSA) is 30.5 Å². The molecular weight excluding hydrogens is 264 g/mol. The van der Waals surface area contributed by atoms with Gasteiger partial charge in [0.2, 0.25) is 0 Å². The van der Waals surface area contributed by atoms with E-state index in [0.29, 0.717) is 6.54 Å². The van der Waals surface area contributed by atoms with E-state index in [0.717, 1.165) is 25.1 Å². The van der Waals surface area contributed by atoms with E-state index in [1.54, 1.807) is 12.1 Å². The summed E-state index contributed by atoms with van der Waals surface area (Å²) in [4.78, 5) is 0. The summed E-state index contributed by atoms with van der Waals surface area (Å²) in [5.41, 5.74) is 0.761. The zero-order valence-electron chi connectivity index (χ0n) is 9.67. The van der Waals surface area contributed by atoms with Crippen molar-refractivity contribution in [2.45, 2.75) is 25.6 Å². The van der Waals surface area contributed by atoms with Crippen LogP contribution in [0.5, 0.6) is 5.75 Å². The van der Waals surface area contributed by atoms with E-state index in [2.05, 4.69) is 10.1 Å². The van der Waals surface area contributed by atoms with Gasteiger partial charge in [-0.25, -0.2) is 0 Å². The van der Waals surface area contributed by atoms with Gasteiger partial charge in [-0.15, -0.1) is 0 Å². The minimum atomic E-state index is -2.87. The van der Waals surface area contributed by atoms with E-state index < -0.39 is 6.61 Å². The number of alkyl halides is 2. The highest BCUT2D eigenvalue weighted by Crippen LogP contribution is 2.29. The van der Waals surface area contributed by atoms with Gasteiger partial charge in [0, 0.05) is 18.8 Å². The van der Waals surface area contributed by atoms with Crippen LogP contribution in [0.4, 0.5) is 14.5 Å². The average molecular weight is 278 g/mol. The van der Waals surface area contributed by atoms with Crippen molar-refractivity contribution in [1.29, 1.82) is 0 Å². The SMILES string of the molecule is FC(F)Oc1ccc(NCC2CCCO2)cc1Cl. The first-order valence-corrected chi connectivity index (χ1v) is 6.13. The van der Waals surface area contributed by atoms with Crippen LogP contribution >= 0.6 is 11.6 Å². The first kappa shape index (κ1) is 13.4. The van der Waals surface area contributed by atoms with Gasteiger partial charge in [0.05, 0.1) is 11.1 Å². The lowest BCUT2D eigenvalue weighted by atomic mass is 10.2. The smallest absolute Gasteiger partial charge is 0.387 e. The third-order valence-electron chi connectivity index (χ3n) is 2.71. The largest absolute Gasteiger partial charge is 0.433 e. The lowest BCUT2D eigenvalue weighted by Gasteiger charge is -2.13. The molecule has 1 saturated heterocycles. The quantitative estimate of drug-likeness (QED) is 0.893. The molecule has 0 aliphatic carbocycles. The standard InChI is InChI=1S/C12H14ClF2NO2/c13-10-6-8(3-4-11(10)18-12(14)15)16-7-9-2-1-5-17-9/h3-4,6,9,12,16H,1-2,5,7H2. The highest BCUT2D eigenvalue weighted by atomic mass is 35.5. The highest BCUT2D eigenvalue weighted by molar-refractivity contribution is 6.32. The molecule has 0 amide bonds. The van der Waals surface area contributed by atoms with Crippen LogP contribution in [-0.4, -0.2) is 25.9 Å². The number of nitrogens with one attached hydrogen (secondary N) is 1. The van der Waals surface area contributed by atoms with Gasteiger partial charge in [-0.3, -0.25) is 0 Å². The highest BCUT2D eigenvalue weighted by Gasteiger charge is 2.15. The van der Waals surface area contributed by atoms with Crippen LogP contribution in [-0.2, 0) is 4.74 Å². The third kappa shape index (κ3) is 3.71. The van der Waals surface area contributed by atoms with Gasteiger partial charge >= 0.3 is 6.61 Å². The minimum absolute atomic E-state index is 0.0191. The molecule has 1 aromatic rings. The Kier molecular flexibility index (Phi) is 4.60. The van der Waals surface area contributed by atoms with Crippen molar-refractivity contribution >= 4 is 17.3 Å². The Morgan fingerprint density at radius 3 is 2.94 bits per heavy atom. The van der Waals surface area contributed by atoms with Crippen LogP contribution in [0.15, 0.2) is 18.2 Å². The molecule has 0 spiro atoms. The molecule has 1 unspecified atom stereocenters. The summed E-state index contributed by atoms with van der Waals surface area (Å²) in [6, 6.07) is 4.64. The molecule has 2 rings (SSSR count). The Labute approximate surface area is 109 Å². The van der Waals surface area contributed by atoms with E-state index >= 15 is 0 Å². The lowest BCUT2D eigenvalue weighted by molar-refractivity contribution is -0.0497. The molecule has 1 atom stereocenters. The van der Waals surface area contributed by atoms with Crippen molar-refractivity contribution in [3.8, 4) is 5.75 Å². The van der Waals surface area contributed by atoms with E-state index in [9.17, 15) is 8.78 Å². The predicted octanol–water partition coefficient (Wildman–Crippen LogP) is 3.53. The molecule has 1 aliphatic rings. The van der Waals surface area contributed by atoms with Gasteiger partial charge in [0.25, 0.3) is 0 Å². The summed E-state index contributed by atoms with van der Waals surface area (Å²) in [7, 11) is 0. The number of hydrogen-bond acceptors (Lipinski definition) is 3. The number of ether oxygens (including phenoxy) is 2. The monoisotopic (exact) mass is 277 g/mol. The van der Waals surface area contributed by atoms with Crippen molar-refractivity contribution in [2.75, 3.05) is 18.5 Å². The third-order valence-corrected chi connectivity index (χ3v) is 3.00. The number of halogens is 3. The van der Waals surface area contributed by atoms with Crippen molar-refractivity contribution in [3.05, 3.63) is 23.2 Å². The van der Waals surface area contributed by atoms with E-state index in [1.165, 1.54) is 6.07 Å². The van der Waals surface area contributed by atoms with Crippen molar-refractivity contribution < 1.29 is 18.3 Å². The van der Waals surface area contributed by atoms with Crippen LogP contribution in [0.25, 0.3) is 0 Å². The fourth-order valence-electron chi connectivity index (χ4n) is 1.84. The van der Waals surface area contributed by atoms with Crippen LogP contribution in [0, 0.1) is 0 Å². The van der Waals surface area contributed by atoms with Gasteiger partial charge in [0.15, 0.2) is 0 Å². The van der Waals surface area contributed by atoms with Gasteiger partial charge in [-0.1, -0.05) is 11.6 Å². The molecule has 1 fully saturated rings. The molecule has 6 heteroatoms. The Bertz CT molecular complexity index is 398. The zero-order chi connectivity index (χ0) is 13.0. The second-order valence-electron chi connectivity index (χ2n) is 4.04. The fraction of sp³-hybridized carbons (Fsp3) is 0.500. The average Bonchev–Trinajstić information content (AvgIpc) is 2.82. The zero-order valence-corrected chi connectivity index (χ0v) is 10.4. The normalized spacial score (nSPS) is 19.2. The second-order valence-corrected chi connectivity index (χ2v) is 4.45. The molecule has 1 heterocycles. The summed E-state index contributed by atoms with van der Waals surface area (Å²) in [6.45, 7) is -1.38. The van der Waals surface area contributed by atoms with Crippen molar-refractivity contribution in [2.24, 2.45) is 0 Å². The summed E-state index contributed by atoms with van der Waals surface area (Å²) in [5.74, 6) is -0.0191. The fourth-order valence-corrected chi connectivity index (χ4v) is 2.06. The maximum Gasteiger partial charge on any atom is 0.387 e. The number of benzene rings is 1. The predicted molar refractivity (Wildman–Crippen MR) is 65.5 cm³/mol. The maximum absolute atomic E-state index is 12.0. The van der Waals surface area contributed by atoms with Gasteiger partial charge in [-0.2, -0.15) is 8.78 Å². The van der Waals surface area contributed by atoms with Crippen LogP contribution < -0.4 is 10.1 Å². The number of anilines is 1. The van der Waals surface area contributed by atoms with Crippen molar-refractivity contribution in [1.82, 2.24) is 0 Å². The second kappa shape index (κ2) is 6.20. The molecule has 3 nitrogen and oxygen atoms in total. The number of rotatable bonds is 5. The minimum Gasteiger partial charge on any atom is -0.433 e. The van der Waals surface area contributed by atoms with Crippen LogP contribution in [0.1, 0.15) is 12.8 Å². The molecule has 1 N–H and O–H groups in total. The molecule has 0 radical (unpaired) electrons. The summed E-state index contributed by atoms with van der Waals surface area (Å²) in [5, 5.41) is 3.32. The summed E-state index contributed by atoms with van der Waals surface area (Å²) < 4.78 is 33.8. The Morgan fingerprint density at radius 1 is 1.50 bits per heavy atom. The first-order chi connectivity index (χ1) is 8.65. The van der Waals surface area contributed by atoms with Gasteiger partial charge in [-0.05, 0) is 31.0 Å². The molecule has 0 bridgehead atoms. The maximum atomic E-state index is 12.0. The molecule has 0 saturated carbocycles. The van der Waals surface area contributed by atoms with E-state index in [1.807, 2.05) is 0 Å². The summed E-state index contributed by atoms with van der Waals surface area (Å²) in [6.07, 6.45) is 2.32. The van der Waals surface area contributed by atoms with Gasteiger partial charge in [0.1, 0.15) is 5.75 Å². The number of hydrogen-bond donors (Lipinski definition) is 1. The molecular formula is C12H14ClF2NO2. The summed E-state index contributed by atoms with van der Waals surface area (Å²) >= 11 is 5.84. The molecule has 1 aliphatic heterocycles. The van der Waals surface area contributed by atoms with Crippen LogP contribution in [0.3, 0.4) is 0 Å². The van der Waals surface area contributed by atoms with E-state index in [-0.39, 0.29) is 16.9 Å².